The summed E-state index contributed by atoms with van der Waals surface area (Å²) >= 11 is 0. The van der Waals surface area contributed by atoms with E-state index in [0.717, 1.165) is 5.56 Å². The van der Waals surface area contributed by atoms with Crippen LogP contribution in [0.15, 0.2) is 89.5 Å². The van der Waals surface area contributed by atoms with Gasteiger partial charge >= 0.3 is 16.1 Å². The van der Waals surface area contributed by atoms with E-state index < -0.39 is 34.4 Å². The molecule has 0 aromatic heterocycles. The molecule has 2 amide bonds. The second-order valence-corrected chi connectivity index (χ2v) is 8.92. The van der Waals surface area contributed by atoms with Crippen LogP contribution in [0.25, 0.3) is 6.08 Å². The zero-order valence-electron chi connectivity index (χ0n) is 18.6. The summed E-state index contributed by atoms with van der Waals surface area (Å²) in [5.41, 5.74) is 1.44. The molecule has 0 saturated heterocycles. The molecule has 35 heavy (non-hydrogen) atoms. The smallest absolute Gasteiger partial charge is 0.339 e. The molecule has 9 nitrogen and oxygen atoms in total. The molecule has 3 N–H and O–H groups in total. The summed E-state index contributed by atoms with van der Waals surface area (Å²) in [5.74, 6) is -2.57. The van der Waals surface area contributed by atoms with Gasteiger partial charge in [-0.3, -0.25) is 14.4 Å². The normalized spacial score (nSPS) is 11.4. The van der Waals surface area contributed by atoms with Gasteiger partial charge in [0.1, 0.15) is 22.9 Å². The Morgan fingerprint density at radius 2 is 1.54 bits per heavy atom. The summed E-state index contributed by atoms with van der Waals surface area (Å²) < 4.78 is 30.1. The topological polar surface area (TPSA) is 139 Å². The number of rotatable bonds is 9. The molecular weight excluding hydrogens is 472 g/mol. The quantitative estimate of drug-likeness (QED) is 0.307. The fourth-order valence-corrected chi connectivity index (χ4v) is 3.79. The number of carboxylic acid groups (broad SMARTS) is 1. The minimum Gasteiger partial charge on any atom is -0.480 e. The van der Waals surface area contributed by atoms with E-state index >= 15 is 0 Å². The second kappa shape index (κ2) is 11.1. The van der Waals surface area contributed by atoms with Gasteiger partial charge in [0.05, 0.1) is 0 Å². The van der Waals surface area contributed by atoms with Crippen molar-refractivity contribution in [1.29, 1.82) is 0 Å². The van der Waals surface area contributed by atoms with E-state index in [0.29, 0.717) is 11.1 Å². The first-order valence-corrected chi connectivity index (χ1v) is 11.7. The van der Waals surface area contributed by atoms with Gasteiger partial charge in [0.25, 0.3) is 11.8 Å². The maximum Gasteiger partial charge on any atom is 0.339 e. The Kier molecular flexibility index (Phi) is 8.00. The molecule has 0 radical (unpaired) electrons. The molecule has 0 saturated carbocycles. The van der Waals surface area contributed by atoms with Crippen LogP contribution in [0, 0.1) is 6.92 Å². The molecule has 0 aliphatic carbocycles. The number of aliphatic carboxylic acids is 1. The summed E-state index contributed by atoms with van der Waals surface area (Å²) in [6, 6.07) is 20.1. The molecule has 0 aliphatic rings. The summed E-state index contributed by atoms with van der Waals surface area (Å²) in [6.07, 6.45) is 1.33. The Labute approximate surface area is 202 Å². The van der Waals surface area contributed by atoms with Crippen molar-refractivity contribution in [3.05, 3.63) is 101 Å². The second-order valence-electron chi connectivity index (χ2n) is 7.37. The van der Waals surface area contributed by atoms with Crippen molar-refractivity contribution >= 4 is 34.0 Å². The third-order valence-corrected chi connectivity index (χ3v) is 5.90. The van der Waals surface area contributed by atoms with Crippen molar-refractivity contribution < 1.29 is 32.1 Å². The van der Waals surface area contributed by atoms with Crippen molar-refractivity contribution in [1.82, 2.24) is 10.6 Å². The van der Waals surface area contributed by atoms with Crippen molar-refractivity contribution in [2.75, 3.05) is 6.54 Å². The summed E-state index contributed by atoms with van der Waals surface area (Å²) in [7, 11) is -4.03. The lowest BCUT2D eigenvalue weighted by molar-refractivity contribution is -0.137. The Morgan fingerprint density at radius 1 is 0.914 bits per heavy atom. The molecule has 0 unspecified atom stereocenters. The van der Waals surface area contributed by atoms with Crippen LogP contribution in [0.5, 0.6) is 5.75 Å². The van der Waals surface area contributed by atoms with E-state index in [1.165, 1.54) is 42.5 Å². The summed E-state index contributed by atoms with van der Waals surface area (Å²) in [4.78, 5) is 35.8. The van der Waals surface area contributed by atoms with Gasteiger partial charge in [0.15, 0.2) is 0 Å². The Hall–Kier alpha value is -4.44. The van der Waals surface area contributed by atoms with E-state index in [2.05, 4.69) is 10.6 Å². The van der Waals surface area contributed by atoms with Crippen LogP contribution in [0.4, 0.5) is 0 Å². The molecule has 0 aliphatic heterocycles. The number of carbonyl (C=O) groups is 3. The first-order valence-electron chi connectivity index (χ1n) is 10.3. The van der Waals surface area contributed by atoms with Gasteiger partial charge < -0.3 is 19.9 Å². The average molecular weight is 495 g/mol. The van der Waals surface area contributed by atoms with Crippen molar-refractivity contribution in [3.8, 4) is 5.75 Å². The Morgan fingerprint density at radius 3 is 2.14 bits per heavy atom. The predicted octanol–water partition coefficient (Wildman–Crippen LogP) is 2.73. The fraction of sp³-hybridized carbons (Fsp3) is 0.0800. The van der Waals surface area contributed by atoms with Gasteiger partial charge in [-0.05, 0) is 55.0 Å². The molecule has 3 rings (SSSR count). The van der Waals surface area contributed by atoms with Crippen LogP contribution in [-0.2, 0) is 19.7 Å². The lowest BCUT2D eigenvalue weighted by Crippen LogP contribution is -2.37. The third-order valence-electron chi connectivity index (χ3n) is 4.64. The van der Waals surface area contributed by atoms with Gasteiger partial charge in [0.2, 0.25) is 0 Å². The van der Waals surface area contributed by atoms with Gasteiger partial charge in [-0.25, -0.2) is 0 Å². The summed E-state index contributed by atoms with van der Waals surface area (Å²) in [5, 5.41) is 13.5. The third kappa shape index (κ3) is 7.27. The van der Waals surface area contributed by atoms with Gasteiger partial charge in [-0.2, -0.15) is 8.42 Å². The first-order chi connectivity index (χ1) is 16.6. The van der Waals surface area contributed by atoms with Gasteiger partial charge in [-0.15, -0.1) is 0 Å². The van der Waals surface area contributed by atoms with E-state index in [1.807, 2.05) is 6.92 Å². The number of amides is 2. The largest absolute Gasteiger partial charge is 0.480 e. The standard InChI is InChI=1S/C25H22N2O7S/c1-17-7-13-21(14-8-17)35(32,33)34-20-11-9-18(10-12-20)15-22(25(31)26-16-23(28)29)27-24(30)19-5-3-2-4-6-19/h2-15H,16H2,1H3,(H,26,31)(H,27,30)(H,28,29)/b22-15+. The molecule has 10 heteroatoms. The van der Waals surface area contributed by atoms with E-state index in [9.17, 15) is 22.8 Å². The van der Waals surface area contributed by atoms with Crippen LogP contribution in [0.1, 0.15) is 21.5 Å². The molecule has 0 atom stereocenters. The Balaban J connectivity index is 1.81. The zero-order chi connectivity index (χ0) is 25.4. The highest BCUT2D eigenvalue weighted by Crippen LogP contribution is 2.20. The van der Waals surface area contributed by atoms with Crippen LogP contribution in [-0.4, -0.2) is 37.9 Å². The van der Waals surface area contributed by atoms with Gasteiger partial charge in [-0.1, -0.05) is 48.0 Å². The maximum atomic E-state index is 12.5. The molecule has 180 valence electrons. The van der Waals surface area contributed by atoms with E-state index in [-0.39, 0.29) is 16.3 Å². The highest BCUT2D eigenvalue weighted by Gasteiger charge is 2.17. The number of carbonyl (C=O) groups excluding carboxylic acids is 2. The number of nitrogens with one attached hydrogen (secondary N) is 2. The summed E-state index contributed by atoms with van der Waals surface area (Å²) in [6.45, 7) is 1.20. The molecule has 3 aromatic carbocycles. The van der Waals surface area contributed by atoms with Crippen molar-refractivity contribution in [2.45, 2.75) is 11.8 Å². The minimum absolute atomic E-state index is 0.00749. The molecule has 0 spiro atoms. The van der Waals surface area contributed by atoms with Crippen LogP contribution < -0.4 is 14.8 Å². The van der Waals surface area contributed by atoms with Crippen LogP contribution >= 0.6 is 0 Å². The molecule has 0 bridgehead atoms. The fourth-order valence-electron chi connectivity index (χ4n) is 2.86. The minimum atomic E-state index is -4.03. The highest BCUT2D eigenvalue weighted by atomic mass is 32.2. The lowest BCUT2D eigenvalue weighted by atomic mass is 10.1. The molecule has 3 aromatic rings. The first kappa shape index (κ1) is 25.2. The lowest BCUT2D eigenvalue weighted by Gasteiger charge is -2.11. The number of aryl methyl sites for hydroxylation is 1. The van der Waals surface area contributed by atoms with E-state index in [1.54, 1.807) is 42.5 Å². The SMILES string of the molecule is Cc1ccc(S(=O)(=O)Oc2ccc(/C=C(/NC(=O)c3ccccc3)C(=O)NCC(=O)O)cc2)cc1. The number of hydrogen-bond donors (Lipinski definition) is 3. The number of hydrogen-bond acceptors (Lipinski definition) is 6. The zero-order valence-corrected chi connectivity index (χ0v) is 19.4. The number of carboxylic acids is 1. The van der Waals surface area contributed by atoms with Crippen molar-refractivity contribution in [2.24, 2.45) is 0 Å². The van der Waals surface area contributed by atoms with Crippen LogP contribution in [0.2, 0.25) is 0 Å². The van der Waals surface area contributed by atoms with E-state index in [4.69, 9.17) is 9.29 Å². The average Bonchev–Trinajstić information content (AvgIpc) is 2.84. The maximum absolute atomic E-state index is 12.5. The molecule has 0 heterocycles. The monoisotopic (exact) mass is 494 g/mol. The van der Waals surface area contributed by atoms with Gasteiger partial charge in [0, 0.05) is 5.56 Å². The highest BCUT2D eigenvalue weighted by molar-refractivity contribution is 7.87. The Bertz CT molecular complexity index is 1350. The molecular formula is C25H22N2O7S. The predicted molar refractivity (Wildman–Crippen MR) is 128 cm³/mol. The van der Waals surface area contributed by atoms with Crippen molar-refractivity contribution in [3.63, 3.8) is 0 Å². The number of benzene rings is 3. The molecule has 0 fully saturated rings. The van der Waals surface area contributed by atoms with Crippen LogP contribution in [0.3, 0.4) is 0 Å².